The molecule has 0 aliphatic heterocycles. The highest BCUT2D eigenvalue weighted by atomic mass is 35.5. The Labute approximate surface area is 51.9 Å². The molecule has 0 atom stereocenters. The number of carbonyl (C=O) groups excluding carboxylic acids is 1. The summed E-state index contributed by atoms with van der Waals surface area (Å²) in [4.78, 5) is 10.2. The van der Waals surface area contributed by atoms with Gasteiger partial charge in [-0.2, -0.15) is 0 Å². The van der Waals surface area contributed by atoms with Gasteiger partial charge in [-0.05, 0) is 0 Å². The molecule has 1 N–H and O–H groups in total. The van der Waals surface area contributed by atoms with Gasteiger partial charge in [0.05, 0.1) is 5.88 Å². The number of rotatable bonds is 2. The highest BCUT2D eigenvalue weighted by Gasteiger charge is 2.01. The lowest BCUT2D eigenvalue weighted by Gasteiger charge is -1.87. The summed E-state index contributed by atoms with van der Waals surface area (Å²) < 4.78 is 0. The molecule has 0 amide bonds. The van der Waals surface area contributed by atoms with Crippen molar-refractivity contribution in [2.45, 2.75) is 6.92 Å². The fraction of sp³-hybridized carbons (Fsp3) is 0.500. The molecule has 0 rings (SSSR count). The van der Waals surface area contributed by atoms with Crippen LogP contribution in [0.2, 0.25) is 0 Å². The van der Waals surface area contributed by atoms with E-state index in [0.717, 1.165) is 0 Å². The summed E-state index contributed by atoms with van der Waals surface area (Å²) in [5.74, 6) is -0.339. The molecular weight excluding hydrogens is 130 g/mol. The first-order chi connectivity index (χ1) is 3.72. The van der Waals surface area contributed by atoms with Gasteiger partial charge in [-0.15, -0.1) is 11.6 Å². The van der Waals surface area contributed by atoms with Crippen LogP contribution in [0.15, 0.2) is 5.16 Å². The van der Waals surface area contributed by atoms with Crippen LogP contribution in [0.5, 0.6) is 0 Å². The zero-order valence-corrected chi connectivity index (χ0v) is 5.14. The normalized spacial score (nSPS) is 11.5. The van der Waals surface area contributed by atoms with Crippen LogP contribution in [0.3, 0.4) is 0 Å². The first-order valence-corrected chi connectivity index (χ1v) is 2.53. The molecule has 0 radical (unpaired) electrons. The van der Waals surface area contributed by atoms with E-state index in [-0.39, 0.29) is 17.4 Å². The minimum Gasteiger partial charge on any atom is -0.411 e. The third-order valence-electron chi connectivity index (χ3n) is 0.654. The van der Waals surface area contributed by atoms with Crippen molar-refractivity contribution in [1.29, 1.82) is 0 Å². The number of carbonyl (C=O) groups is 1. The lowest BCUT2D eigenvalue weighted by atomic mass is 10.3. The topological polar surface area (TPSA) is 49.7 Å². The van der Waals surface area contributed by atoms with E-state index >= 15 is 0 Å². The molecule has 0 heterocycles. The Kier molecular flexibility index (Phi) is 3.19. The molecule has 8 heavy (non-hydrogen) atoms. The van der Waals surface area contributed by atoms with Crippen LogP contribution in [0.25, 0.3) is 0 Å². The van der Waals surface area contributed by atoms with Gasteiger partial charge in [0.2, 0.25) is 0 Å². The zero-order valence-electron chi connectivity index (χ0n) is 4.39. The minimum atomic E-state index is -0.303. The van der Waals surface area contributed by atoms with Crippen molar-refractivity contribution in [2.75, 3.05) is 5.88 Å². The van der Waals surface area contributed by atoms with E-state index in [2.05, 4.69) is 5.16 Å². The van der Waals surface area contributed by atoms with Gasteiger partial charge >= 0.3 is 0 Å². The van der Waals surface area contributed by atoms with Crippen LogP contribution >= 0.6 is 11.6 Å². The monoisotopic (exact) mass is 135 g/mol. The van der Waals surface area contributed by atoms with Crippen LogP contribution in [0.1, 0.15) is 6.92 Å². The van der Waals surface area contributed by atoms with Crippen molar-refractivity contribution in [3.63, 3.8) is 0 Å². The maximum Gasteiger partial charge on any atom is 0.178 e. The molecule has 3 nitrogen and oxygen atoms in total. The van der Waals surface area contributed by atoms with Crippen LogP contribution in [0, 0.1) is 0 Å². The fourth-order valence-corrected chi connectivity index (χ4v) is 0.433. The van der Waals surface area contributed by atoms with Crippen molar-refractivity contribution in [1.82, 2.24) is 0 Å². The number of Topliss-reactive ketones (excluding diaryl/α,β-unsaturated/α-hetero) is 1. The quantitative estimate of drug-likeness (QED) is 0.262. The maximum absolute atomic E-state index is 10.2. The van der Waals surface area contributed by atoms with Gasteiger partial charge in [-0.1, -0.05) is 5.16 Å². The van der Waals surface area contributed by atoms with Gasteiger partial charge < -0.3 is 5.21 Å². The zero-order chi connectivity index (χ0) is 6.57. The standard InChI is InChI=1S/C4H6ClNO2/c1-3(7)4(2-5)6-8/h8H,2H2,1H3/b6-4+. The molecule has 0 unspecified atom stereocenters. The number of halogens is 1. The average molecular weight is 136 g/mol. The van der Waals surface area contributed by atoms with Crippen molar-refractivity contribution < 1.29 is 10.0 Å². The first-order valence-electron chi connectivity index (χ1n) is 2.00. The first kappa shape index (κ1) is 7.43. The molecule has 0 bridgehead atoms. The smallest absolute Gasteiger partial charge is 0.178 e. The predicted molar refractivity (Wildman–Crippen MR) is 30.6 cm³/mol. The SMILES string of the molecule is CC(=O)/C(CCl)=N/O. The number of hydrogen-bond acceptors (Lipinski definition) is 3. The molecule has 0 aromatic rings. The van der Waals surface area contributed by atoms with E-state index in [1.807, 2.05) is 0 Å². The Hall–Kier alpha value is -0.570. The second-order valence-corrected chi connectivity index (χ2v) is 1.50. The Morgan fingerprint density at radius 2 is 2.38 bits per heavy atom. The summed E-state index contributed by atoms with van der Waals surface area (Å²) in [6.07, 6.45) is 0. The molecule has 0 aliphatic carbocycles. The number of oxime groups is 1. The van der Waals surface area contributed by atoms with Crippen molar-refractivity contribution in [3.8, 4) is 0 Å². The van der Waals surface area contributed by atoms with E-state index in [0.29, 0.717) is 0 Å². The van der Waals surface area contributed by atoms with Crippen LogP contribution in [-0.4, -0.2) is 22.6 Å². The molecule has 0 spiro atoms. The van der Waals surface area contributed by atoms with Crippen molar-refractivity contribution in [2.24, 2.45) is 5.16 Å². The van der Waals surface area contributed by atoms with Gasteiger partial charge in [0.25, 0.3) is 0 Å². The molecule has 0 aromatic carbocycles. The predicted octanol–water partition coefficient (Wildman–Crippen LogP) is 0.644. The molecule has 0 saturated carbocycles. The van der Waals surface area contributed by atoms with E-state index in [1.54, 1.807) is 0 Å². The minimum absolute atomic E-state index is 0.00772. The number of alkyl halides is 1. The van der Waals surface area contributed by atoms with E-state index < -0.39 is 0 Å². The number of ketones is 1. The van der Waals surface area contributed by atoms with E-state index in [4.69, 9.17) is 16.8 Å². The summed E-state index contributed by atoms with van der Waals surface area (Å²) in [7, 11) is 0. The van der Waals surface area contributed by atoms with Crippen LogP contribution in [-0.2, 0) is 4.79 Å². The summed E-state index contributed by atoms with van der Waals surface area (Å²) in [6, 6.07) is 0. The third kappa shape index (κ3) is 1.93. The second-order valence-electron chi connectivity index (χ2n) is 1.24. The highest BCUT2D eigenvalue weighted by Crippen LogP contribution is 1.83. The average Bonchev–Trinajstić information content (AvgIpc) is 1.69. The van der Waals surface area contributed by atoms with Crippen molar-refractivity contribution >= 4 is 23.1 Å². The van der Waals surface area contributed by atoms with Crippen LogP contribution in [0.4, 0.5) is 0 Å². The summed E-state index contributed by atoms with van der Waals surface area (Å²) in [6.45, 7) is 1.29. The van der Waals surface area contributed by atoms with Gasteiger partial charge in [-0.3, -0.25) is 4.79 Å². The number of hydrogen-bond donors (Lipinski definition) is 1. The molecular formula is C4H6ClNO2. The van der Waals surface area contributed by atoms with Gasteiger partial charge in [0, 0.05) is 6.92 Å². The third-order valence-corrected chi connectivity index (χ3v) is 0.907. The Bertz CT molecular complexity index is 121. The van der Waals surface area contributed by atoms with E-state index in [1.165, 1.54) is 6.92 Å². The van der Waals surface area contributed by atoms with Crippen LogP contribution < -0.4 is 0 Å². The molecule has 0 aromatic heterocycles. The van der Waals surface area contributed by atoms with E-state index in [9.17, 15) is 4.79 Å². The summed E-state index contributed by atoms with van der Waals surface area (Å²) in [5, 5.41) is 10.6. The highest BCUT2D eigenvalue weighted by molar-refractivity contribution is 6.48. The lowest BCUT2D eigenvalue weighted by Crippen LogP contribution is -2.10. The lowest BCUT2D eigenvalue weighted by molar-refractivity contribution is -0.111. The van der Waals surface area contributed by atoms with Gasteiger partial charge in [0.1, 0.15) is 5.71 Å². The fourth-order valence-electron chi connectivity index (χ4n) is 0.191. The Balaban J connectivity index is 3.92. The number of nitrogens with zero attached hydrogens (tertiary/aromatic N) is 1. The molecule has 0 fully saturated rings. The summed E-state index contributed by atoms with van der Waals surface area (Å²) in [5.41, 5.74) is -0.00772. The molecule has 0 saturated heterocycles. The Morgan fingerprint density at radius 1 is 1.88 bits per heavy atom. The Morgan fingerprint density at radius 3 is 2.38 bits per heavy atom. The second kappa shape index (κ2) is 3.43. The van der Waals surface area contributed by atoms with Crippen molar-refractivity contribution in [3.05, 3.63) is 0 Å². The summed E-state index contributed by atoms with van der Waals surface area (Å²) >= 11 is 5.15. The van der Waals surface area contributed by atoms with Gasteiger partial charge in [0.15, 0.2) is 5.78 Å². The molecule has 4 heteroatoms. The molecule has 46 valence electrons. The maximum atomic E-state index is 10.2. The molecule has 0 aliphatic rings. The largest absolute Gasteiger partial charge is 0.411 e. The van der Waals surface area contributed by atoms with Gasteiger partial charge in [-0.25, -0.2) is 0 Å².